The van der Waals surface area contributed by atoms with E-state index in [0.717, 1.165) is 26.2 Å². The molecule has 1 saturated heterocycles. The highest BCUT2D eigenvalue weighted by Crippen LogP contribution is 2.37. The third-order valence-electron chi connectivity index (χ3n) is 4.84. The lowest BCUT2D eigenvalue weighted by atomic mass is 9.73. The fourth-order valence-electron chi connectivity index (χ4n) is 3.70. The van der Waals surface area contributed by atoms with E-state index >= 15 is 0 Å². The molecule has 0 aromatic rings. The average Bonchev–Trinajstić information content (AvgIpc) is 2.42. The lowest BCUT2D eigenvalue weighted by Crippen LogP contribution is -2.54. The first-order chi connectivity index (χ1) is 9.19. The molecule has 19 heavy (non-hydrogen) atoms. The molecule has 0 bridgehead atoms. The number of aliphatic hydroxyl groups is 1. The zero-order valence-electron chi connectivity index (χ0n) is 12.5. The molecule has 2 aliphatic rings. The van der Waals surface area contributed by atoms with E-state index in [9.17, 15) is 5.11 Å². The van der Waals surface area contributed by atoms with Crippen LogP contribution in [0.4, 0.5) is 0 Å². The Kier molecular flexibility index (Phi) is 5.63. The lowest BCUT2D eigenvalue weighted by Gasteiger charge is -2.46. The Balaban J connectivity index is 1.98. The van der Waals surface area contributed by atoms with Gasteiger partial charge in [-0.05, 0) is 32.2 Å². The molecule has 1 saturated carbocycles. The fraction of sp³-hybridized carbons (Fsp3) is 1.00. The van der Waals surface area contributed by atoms with E-state index in [1.165, 1.54) is 32.1 Å². The van der Waals surface area contributed by atoms with Crippen molar-refractivity contribution >= 4 is 0 Å². The summed E-state index contributed by atoms with van der Waals surface area (Å²) in [6.07, 6.45) is 6.80. The van der Waals surface area contributed by atoms with Crippen LogP contribution in [0.15, 0.2) is 0 Å². The largest absolute Gasteiger partial charge is 0.394 e. The van der Waals surface area contributed by atoms with Crippen molar-refractivity contribution in [2.45, 2.75) is 51.2 Å². The van der Waals surface area contributed by atoms with Gasteiger partial charge in [0.25, 0.3) is 0 Å². The highest BCUT2D eigenvalue weighted by Gasteiger charge is 2.36. The molecule has 1 heterocycles. The van der Waals surface area contributed by atoms with Gasteiger partial charge in [-0.15, -0.1) is 0 Å². The highest BCUT2D eigenvalue weighted by molar-refractivity contribution is 4.90. The number of aliphatic hydroxyl groups excluding tert-OH is 1. The number of morpholine rings is 1. The van der Waals surface area contributed by atoms with E-state index in [-0.39, 0.29) is 12.7 Å². The molecule has 0 aromatic carbocycles. The topological polar surface area (TPSA) is 44.7 Å². The molecule has 2 fully saturated rings. The van der Waals surface area contributed by atoms with Crippen LogP contribution in [0.3, 0.4) is 0 Å². The van der Waals surface area contributed by atoms with E-state index in [1.807, 2.05) is 0 Å². The van der Waals surface area contributed by atoms with Gasteiger partial charge in [0.05, 0.1) is 19.3 Å². The van der Waals surface area contributed by atoms with Crippen molar-refractivity contribution in [2.24, 2.45) is 5.41 Å². The first kappa shape index (κ1) is 15.2. The van der Waals surface area contributed by atoms with Crippen LogP contribution in [0.5, 0.6) is 0 Å². The van der Waals surface area contributed by atoms with Gasteiger partial charge in [-0.2, -0.15) is 0 Å². The summed E-state index contributed by atoms with van der Waals surface area (Å²) in [4.78, 5) is 2.53. The maximum absolute atomic E-state index is 9.30. The van der Waals surface area contributed by atoms with E-state index in [0.29, 0.717) is 11.5 Å². The Morgan fingerprint density at radius 3 is 2.68 bits per heavy atom. The van der Waals surface area contributed by atoms with E-state index in [4.69, 9.17) is 4.74 Å². The minimum absolute atomic E-state index is 0.00595. The molecule has 0 aromatic heterocycles. The molecule has 0 amide bonds. The molecular formula is C15H30N2O2. The third-order valence-corrected chi connectivity index (χ3v) is 4.84. The molecular weight excluding hydrogens is 240 g/mol. The number of rotatable bonds is 5. The van der Waals surface area contributed by atoms with Gasteiger partial charge in [-0.3, -0.25) is 4.90 Å². The van der Waals surface area contributed by atoms with Crippen molar-refractivity contribution in [3.05, 3.63) is 0 Å². The summed E-state index contributed by atoms with van der Waals surface area (Å²) >= 11 is 0. The molecule has 1 aliphatic heterocycles. The van der Waals surface area contributed by atoms with Gasteiger partial charge in [0.1, 0.15) is 0 Å². The predicted molar refractivity (Wildman–Crippen MR) is 77.3 cm³/mol. The number of ether oxygens (including phenoxy) is 1. The van der Waals surface area contributed by atoms with Crippen LogP contribution in [0, 0.1) is 5.41 Å². The van der Waals surface area contributed by atoms with Crippen LogP contribution >= 0.6 is 0 Å². The first-order valence-corrected chi connectivity index (χ1v) is 7.80. The summed E-state index contributed by atoms with van der Waals surface area (Å²) in [6, 6.07) is 0.471. The molecule has 2 unspecified atom stereocenters. The Bertz CT molecular complexity index is 261. The molecule has 2 N–H and O–H groups in total. The van der Waals surface area contributed by atoms with Gasteiger partial charge in [0, 0.05) is 25.7 Å². The Morgan fingerprint density at radius 2 is 2.05 bits per heavy atom. The number of nitrogens with one attached hydrogen (secondary N) is 1. The van der Waals surface area contributed by atoms with Crippen molar-refractivity contribution in [3.8, 4) is 0 Å². The second kappa shape index (κ2) is 7.02. The maximum Gasteiger partial charge on any atom is 0.0933 e. The number of hydrogen-bond donors (Lipinski definition) is 2. The Hall–Kier alpha value is -0.160. The second-order valence-electron chi connectivity index (χ2n) is 6.51. The van der Waals surface area contributed by atoms with Crippen LogP contribution in [0.25, 0.3) is 0 Å². The molecule has 2 atom stereocenters. The van der Waals surface area contributed by atoms with E-state index < -0.39 is 0 Å². The van der Waals surface area contributed by atoms with Gasteiger partial charge in [0.15, 0.2) is 0 Å². The first-order valence-electron chi connectivity index (χ1n) is 7.80. The fourth-order valence-corrected chi connectivity index (χ4v) is 3.70. The van der Waals surface area contributed by atoms with Crippen molar-refractivity contribution in [1.29, 1.82) is 0 Å². The normalized spacial score (nSPS) is 32.4. The van der Waals surface area contributed by atoms with Crippen LogP contribution in [0.2, 0.25) is 0 Å². The SMILES string of the molecule is CNCC1(CN2CC(CO)OCC2C)CCCCC1. The van der Waals surface area contributed by atoms with Crippen LogP contribution in [-0.4, -0.2) is 62.0 Å². The van der Waals surface area contributed by atoms with Gasteiger partial charge < -0.3 is 15.2 Å². The van der Waals surface area contributed by atoms with Crippen LogP contribution < -0.4 is 5.32 Å². The molecule has 112 valence electrons. The second-order valence-corrected chi connectivity index (χ2v) is 6.51. The zero-order chi connectivity index (χ0) is 13.7. The molecule has 0 radical (unpaired) electrons. The molecule has 4 nitrogen and oxygen atoms in total. The minimum Gasteiger partial charge on any atom is -0.394 e. The number of nitrogens with zero attached hydrogens (tertiary/aromatic N) is 1. The smallest absolute Gasteiger partial charge is 0.0933 e. The zero-order valence-corrected chi connectivity index (χ0v) is 12.5. The summed E-state index contributed by atoms with van der Waals surface area (Å²) in [6.45, 7) is 6.27. The van der Waals surface area contributed by atoms with Crippen LogP contribution in [0.1, 0.15) is 39.0 Å². The average molecular weight is 270 g/mol. The minimum atomic E-state index is 0.00595. The maximum atomic E-state index is 9.30. The monoisotopic (exact) mass is 270 g/mol. The molecule has 1 aliphatic carbocycles. The van der Waals surface area contributed by atoms with Gasteiger partial charge >= 0.3 is 0 Å². The van der Waals surface area contributed by atoms with Crippen molar-refractivity contribution in [2.75, 3.05) is 39.9 Å². The van der Waals surface area contributed by atoms with Crippen LogP contribution in [-0.2, 0) is 4.74 Å². The summed E-state index contributed by atoms with van der Waals surface area (Å²) in [5.41, 5.74) is 0.429. The standard InChI is InChI=1S/C15H30N2O2/c1-13-10-19-14(9-18)8-17(13)12-15(11-16-2)6-4-3-5-7-15/h13-14,16,18H,3-12H2,1-2H3. The summed E-state index contributed by atoms with van der Waals surface area (Å²) in [7, 11) is 2.07. The van der Waals surface area contributed by atoms with Gasteiger partial charge in [-0.25, -0.2) is 0 Å². The van der Waals surface area contributed by atoms with E-state index in [1.54, 1.807) is 0 Å². The molecule has 2 rings (SSSR count). The van der Waals surface area contributed by atoms with Crippen molar-refractivity contribution in [3.63, 3.8) is 0 Å². The predicted octanol–water partition coefficient (Wildman–Crippen LogP) is 1.24. The molecule has 4 heteroatoms. The quantitative estimate of drug-likeness (QED) is 0.789. The van der Waals surface area contributed by atoms with Crippen molar-refractivity contribution in [1.82, 2.24) is 10.2 Å². The summed E-state index contributed by atoms with van der Waals surface area (Å²) in [5, 5.41) is 12.7. The van der Waals surface area contributed by atoms with E-state index in [2.05, 4.69) is 24.2 Å². The van der Waals surface area contributed by atoms with Gasteiger partial charge in [0.2, 0.25) is 0 Å². The van der Waals surface area contributed by atoms with Gasteiger partial charge in [-0.1, -0.05) is 19.3 Å². The lowest BCUT2D eigenvalue weighted by molar-refractivity contribution is -0.0905. The van der Waals surface area contributed by atoms with Crippen molar-refractivity contribution < 1.29 is 9.84 Å². The highest BCUT2D eigenvalue weighted by atomic mass is 16.5. The molecule has 0 spiro atoms. The Labute approximate surface area is 117 Å². The Morgan fingerprint density at radius 1 is 1.32 bits per heavy atom. The summed E-state index contributed by atoms with van der Waals surface area (Å²) in [5.74, 6) is 0. The number of hydrogen-bond acceptors (Lipinski definition) is 4. The third kappa shape index (κ3) is 3.91. The summed E-state index contributed by atoms with van der Waals surface area (Å²) < 4.78 is 5.64.